The zero-order valence-electron chi connectivity index (χ0n) is 20.8. The Bertz CT molecular complexity index is 1620. The highest BCUT2D eigenvalue weighted by atomic mass is 15.0. The second-order valence-electron chi connectivity index (χ2n) is 8.94. The standard InChI is InChI=1S/C35H25N3/c1-5-13-26(14-6-1)30-21-22-31(35-37-24-36-25-38-35)32(23-30)34(29-19-11-4-12-20-29)33(27-15-7-2-8-16-27)28-17-9-3-10-18-28/h1-25H. The van der Waals surface area contributed by atoms with Gasteiger partial charge in [-0.1, -0.05) is 127 Å². The van der Waals surface area contributed by atoms with E-state index >= 15 is 0 Å². The summed E-state index contributed by atoms with van der Waals surface area (Å²) >= 11 is 0. The molecule has 5 aromatic carbocycles. The molecule has 3 nitrogen and oxygen atoms in total. The van der Waals surface area contributed by atoms with Crippen molar-refractivity contribution in [2.75, 3.05) is 0 Å². The van der Waals surface area contributed by atoms with Gasteiger partial charge in [-0.25, -0.2) is 15.0 Å². The van der Waals surface area contributed by atoms with E-state index in [1.807, 2.05) is 6.07 Å². The molecule has 0 fully saturated rings. The van der Waals surface area contributed by atoms with Gasteiger partial charge in [0, 0.05) is 5.56 Å². The van der Waals surface area contributed by atoms with E-state index in [1.165, 1.54) is 0 Å². The van der Waals surface area contributed by atoms with Crippen molar-refractivity contribution < 1.29 is 0 Å². The normalized spacial score (nSPS) is 10.6. The smallest absolute Gasteiger partial charge is 0.163 e. The van der Waals surface area contributed by atoms with Crippen molar-refractivity contribution in [2.24, 2.45) is 0 Å². The Kier molecular flexibility index (Phi) is 6.64. The molecule has 0 bridgehead atoms. The van der Waals surface area contributed by atoms with Gasteiger partial charge in [-0.3, -0.25) is 0 Å². The molecule has 0 unspecified atom stereocenters. The molecule has 38 heavy (non-hydrogen) atoms. The van der Waals surface area contributed by atoms with Crippen molar-refractivity contribution in [1.82, 2.24) is 15.0 Å². The van der Waals surface area contributed by atoms with Crippen molar-refractivity contribution in [3.63, 3.8) is 0 Å². The molecule has 0 spiro atoms. The Morgan fingerprint density at radius 1 is 0.421 bits per heavy atom. The van der Waals surface area contributed by atoms with Gasteiger partial charge in [-0.15, -0.1) is 0 Å². The Morgan fingerprint density at radius 3 is 1.42 bits per heavy atom. The summed E-state index contributed by atoms with van der Waals surface area (Å²) in [5.41, 5.74) is 9.98. The average Bonchev–Trinajstić information content (AvgIpc) is 3.02. The highest BCUT2D eigenvalue weighted by molar-refractivity contribution is 6.07. The Morgan fingerprint density at radius 2 is 0.895 bits per heavy atom. The minimum absolute atomic E-state index is 0.642. The SMILES string of the molecule is c1ccc(C(=C(c2ccccc2)c2cc(-c3ccccc3)ccc2-c2ncncn2)c2ccccc2)cc1. The molecule has 0 aliphatic rings. The largest absolute Gasteiger partial charge is 0.225 e. The summed E-state index contributed by atoms with van der Waals surface area (Å²) < 4.78 is 0. The molecule has 0 atom stereocenters. The minimum Gasteiger partial charge on any atom is -0.225 e. The highest BCUT2D eigenvalue weighted by Gasteiger charge is 2.21. The lowest BCUT2D eigenvalue weighted by Gasteiger charge is -2.21. The molecule has 6 aromatic rings. The maximum Gasteiger partial charge on any atom is 0.163 e. The molecule has 0 aliphatic heterocycles. The molecule has 0 saturated heterocycles. The molecule has 0 amide bonds. The topological polar surface area (TPSA) is 38.7 Å². The van der Waals surface area contributed by atoms with Gasteiger partial charge in [0.1, 0.15) is 12.7 Å². The van der Waals surface area contributed by atoms with Gasteiger partial charge in [0.15, 0.2) is 5.82 Å². The number of hydrogen-bond acceptors (Lipinski definition) is 3. The fourth-order valence-electron chi connectivity index (χ4n) is 4.84. The molecule has 6 rings (SSSR count). The fraction of sp³-hybridized carbons (Fsp3) is 0. The zero-order chi connectivity index (χ0) is 25.6. The van der Waals surface area contributed by atoms with Crippen molar-refractivity contribution >= 4 is 11.1 Å². The maximum atomic E-state index is 4.55. The molecule has 0 saturated carbocycles. The van der Waals surface area contributed by atoms with E-state index < -0.39 is 0 Å². The van der Waals surface area contributed by atoms with Crippen LogP contribution in [0.5, 0.6) is 0 Å². The highest BCUT2D eigenvalue weighted by Crippen LogP contribution is 2.41. The molecule has 0 radical (unpaired) electrons. The van der Waals surface area contributed by atoms with E-state index in [4.69, 9.17) is 0 Å². The van der Waals surface area contributed by atoms with Crippen molar-refractivity contribution in [2.45, 2.75) is 0 Å². The van der Waals surface area contributed by atoms with Gasteiger partial charge in [0.25, 0.3) is 0 Å². The summed E-state index contributed by atoms with van der Waals surface area (Å²) in [6.45, 7) is 0. The lowest BCUT2D eigenvalue weighted by Crippen LogP contribution is -2.01. The van der Waals surface area contributed by atoms with Crippen molar-refractivity contribution in [3.05, 3.63) is 174 Å². The van der Waals surface area contributed by atoms with Crippen LogP contribution in [-0.2, 0) is 0 Å². The second-order valence-corrected chi connectivity index (χ2v) is 8.94. The van der Waals surface area contributed by atoms with Crippen LogP contribution in [0, 0.1) is 0 Å². The van der Waals surface area contributed by atoms with E-state index in [2.05, 4.69) is 148 Å². The van der Waals surface area contributed by atoms with Gasteiger partial charge in [-0.05, 0) is 56.7 Å². The lowest BCUT2D eigenvalue weighted by molar-refractivity contribution is 1.05. The maximum absolute atomic E-state index is 4.55. The van der Waals surface area contributed by atoms with E-state index in [1.54, 1.807) is 12.7 Å². The first-order valence-electron chi connectivity index (χ1n) is 12.6. The summed E-state index contributed by atoms with van der Waals surface area (Å²) in [6, 6.07) is 48.8. The number of rotatable bonds is 6. The van der Waals surface area contributed by atoms with Gasteiger partial charge in [0.05, 0.1) is 0 Å². The Hall–Kier alpha value is -5.15. The van der Waals surface area contributed by atoms with E-state index in [9.17, 15) is 0 Å². The van der Waals surface area contributed by atoms with E-state index in [0.717, 1.165) is 50.1 Å². The third-order valence-corrected chi connectivity index (χ3v) is 6.57. The van der Waals surface area contributed by atoms with Crippen LogP contribution in [0.25, 0.3) is 33.7 Å². The third-order valence-electron chi connectivity index (χ3n) is 6.57. The molecule has 180 valence electrons. The summed E-state index contributed by atoms with van der Waals surface area (Å²) in [5, 5.41) is 0. The third kappa shape index (κ3) is 4.78. The summed E-state index contributed by atoms with van der Waals surface area (Å²) in [7, 11) is 0. The van der Waals surface area contributed by atoms with Crippen LogP contribution < -0.4 is 0 Å². The Balaban J connectivity index is 1.75. The molecule has 0 aliphatic carbocycles. The zero-order valence-corrected chi connectivity index (χ0v) is 20.8. The molecule has 0 N–H and O–H groups in total. The summed E-state index contributed by atoms with van der Waals surface area (Å²) in [5.74, 6) is 0.642. The van der Waals surface area contributed by atoms with Crippen LogP contribution in [0.2, 0.25) is 0 Å². The van der Waals surface area contributed by atoms with Crippen LogP contribution in [0.15, 0.2) is 152 Å². The number of aromatic nitrogens is 3. The quantitative estimate of drug-likeness (QED) is 0.222. The van der Waals surface area contributed by atoms with Crippen LogP contribution in [0.4, 0.5) is 0 Å². The van der Waals surface area contributed by atoms with Crippen LogP contribution in [0.3, 0.4) is 0 Å². The lowest BCUT2D eigenvalue weighted by atomic mass is 9.83. The Labute approximate surface area is 222 Å². The van der Waals surface area contributed by atoms with Gasteiger partial charge in [0.2, 0.25) is 0 Å². The summed E-state index contributed by atoms with van der Waals surface area (Å²) in [6.07, 6.45) is 3.11. The first kappa shape index (κ1) is 23.3. The summed E-state index contributed by atoms with van der Waals surface area (Å²) in [4.78, 5) is 13.2. The predicted molar refractivity (Wildman–Crippen MR) is 155 cm³/mol. The molecule has 1 aromatic heterocycles. The number of nitrogens with zero attached hydrogens (tertiary/aromatic N) is 3. The van der Waals surface area contributed by atoms with Gasteiger partial charge < -0.3 is 0 Å². The number of hydrogen-bond donors (Lipinski definition) is 0. The molecule has 1 heterocycles. The minimum atomic E-state index is 0.642. The van der Waals surface area contributed by atoms with Crippen LogP contribution in [-0.4, -0.2) is 15.0 Å². The second kappa shape index (κ2) is 10.9. The average molecular weight is 488 g/mol. The first-order chi connectivity index (χ1) is 18.9. The van der Waals surface area contributed by atoms with Crippen LogP contribution >= 0.6 is 0 Å². The van der Waals surface area contributed by atoms with Gasteiger partial charge >= 0.3 is 0 Å². The predicted octanol–water partition coefficient (Wildman–Crippen LogP) is 8.21. The van der Waals surface area contributed by atoms with Crippen LogP contribution in [0.1, 0.15) is 22.3 Å². The molecular formula is C35H25N3. The monoisotopic (exact) mass is 487 g/mol. The fourth-order valence-corrected chi connectivity index (χ4v) is 4.84. The van der Waals surface area contributed by atoms with Gasteiger partial charge in [-0.2, -0.15) is 0 Å². The number of benzene rings is 5. The van der Waals surface area contributed by atoms with E-state index in [0.29, 0.717) is 5.82 Å². The molecule has 3 heteroatoms. The van der Waals surface area contributed by atoms with E-state index in [-0.39, 0.29) is 0 Å². The first-order valence-corrected chi connectivity index (χ1v) is 12.6. The molecular weight excluding hydrogens is 462 g/mol. The van der Waals surface area contributed by atoms with Crippen molar-refractivity contribution in [3.8, 4) is 22.5 Å². The van der Waals surface area contributed by atoms with Crippen molar-refractivity contribution in [1.29, 1.82) is 0 Å².